The molecule has 2 aliphatic heterocycles. The van der Waals surface area contributed by atoms with Crippen LogP contribution in [-0.4, -0.2) is 29.8 Å². The third-order valence-electron chi connectivity index (χ3n) is 4.02. The number of halogens is 1. The summed E-state index contributed by atoms with van der Waals surface area (Å²) in [5.41, 5.74) is 1.58. The molecule has 0 aliphatic carbocycles. The van der Waals surface area contributed by atoms with Crippen molar-refractivity contribution >= 4 is 29.1 Å². The van der Waals surface area contributed by atoms with Gasteiger partial charge in [-0.25, -0.2) is 0 Å². The van der Waals surface area contributed by atoms with Crippen LogP contribution in [0.25, 0.3) is 0 Å². The first kappa shape index (κ1) is 14.1. The number of rotatable bonds is 2. The van der Waals surface area contributed by atoms with E-state index >= 15 is 0 Å². The number of nitrogens with one attached hydrogen (secondary N) is 1. The van der Waals surface area contributed by atoms with Gasteiger partial charge in [-0.3, -0.25) is 0 Å². The lowest BCUT2D eigenvalue weighted by Crippen LogP contribution is -2.44. The Morgan fingerprint density at radius 1 is 1.50 bits per heavy atom. The molecule has 1 aromatic rings. The molecule has 20 heavy (non-hydrogen) atoms. The van der Waals surface area contributed by atoms with Crippen molar-refractivity contribution in [3.63, 3.8) is 0 Å². The van der Waals surface area contributed by atoms with E-state index in [-0.39, 0.29) is 5.60 Å². The zero-order chi connectivity index (χ0) is 14.0. The molecule has 1 N–H and O–H groups in total. The SMILES string of the molecule is N#Cc1ccc(NC2CCOC3(CCSC3)C2)c(Cl)c1. The minimum Gasteiger partial charge on any atom is -0.381 e. The van der Waals surface area contributed by atoms with Crippen LogP contribution in [0.1, 0.15) is 24.8 Å². The third kappa shape index (κ3) is 2.90. The molecule has 0 saturated carbocycles. The highest BCUT2D eigenvalue weighted by Gasteiger charge is 2.40. The van der Waals surface area contributed by atoms with Gasteiger partial charge in [0.25, 0.3) is 0 Å². The van der Waals surface area contributed by atoms with E-state index in [4.69, 9.17) is 21.6 Å². The number of hydrogen-bond donors (Lipinski definition) is 1. The van der Waals surface area contributed by atoms with Crippen LogP contribution in [0.2, 0.25) is 5.02 Å². The standard InChI is InChI=1S/C15H17ClN2OS/c16-13-7-11(9-17)1-2-14(13)18-12-3-5-19-15(8-12)4-6-20-10-15/h1-2,7,12,18H,3-6,8,10H2. The van der Waals surface area contributed by atoms with Gasteiger partial charge in [0.15, 0.2) is 0 Å². The Bertz CT molecular complexity index is 537. The minimum atomic E-state index is 0.0691. The quantitative estimate of drug-likeness (QED) is 0.905. The molecule has 0 amide bonds. The minimum absolute atomic E-state index is 0.0691. The number of nitriles is 1. The van der Waals surface area contributed by atoms with E-state index in [0.29, 0.717) is 16.6 Å². The molecular weight excluding hydrogens is 292 g/mol. The Kier molecular flexibility index (Phi) is 4.11. The molecule has 1 aromatic carbocycles. The summed E-state index contributed by atoms with van der Waals surface area (Å²) in [5, 5.41) is 13.0. The normalized spacial score (nSPS) is 29.3. The molecule has 0 radical (unpaired) electrons. The second kappa shape index (κ2) is 5.85. The van der Waals surface area contributed by atoms with Gasteiger partial charge in [0, 0.05) is 18.4 Å². The average molecular weight is 309 g/mol. The maximum Gasteiger partial charge on any atom is 0.0992 e. The van der Waals surface area contributed by atoms with Crippen LogP contribution < -0.4 is 5.32 Å². The maximum absolute atomic E-state index is 8.87. The van der Waals surface area contributed by atoms with Crippen LogP contribution in [-0.2, 0) is 4.74 Å². The number of anilines is 1. The molecule has 2 unspecified atom stereocenters. The molecule has 3 rings (SSSR count). The number of nitrogens with zero attached hydrogens (tertiary/aromatic N) is 1. The van der Waals surface area contributed by atoms with Crippen LogP contribution in [0.3, 0.4) is 0 Å². The van der Waals surface area contributed by atoms with E-state index in [2.05, 4.69) is 11.4 Å². The van der Waals surface area contributed by atoms with E-state index in [1.165, 1.54) is 5.75 Å². The second-order valence-corrected chi connectivity index (χ2v) is 6.99. The van der Waals surface area contributed by atoms with E-state index < -0.39 is 0 Å². The van der Waals surface area contributed by atoms with Crippen molar-refractivity contribution in [1.82, 2.24) is 0 Å². The molecule has 3 nitrogen and oxygen atoms in total. The smallest absolute Gasteiger partial charge is 0.0992 e. The van der Waals surface area contributed by atoms with Crippen molar-refractivity contribution in [3.8, 4) is 6.07 Å². The topological polar surface area (TPSA) is 45.0 Å². The Hall–Kier alpha value is -0.890. The molecule has 0 bridgehead atoms. The molecule has 1 spiro atoms. The summed E-state index contributed by atoms with van der Waals surface area (Å²) in [5.74, 6) is 2.30. The van der Waals surface area contributed by atoms with Crippen LogP contribution in [0.15, 0.2) is 18.2 Å². The Morgan fingerprint density at radius 3 is 3.10 bits per heavy atom. The molecule has 2 atom stereocenters. The monoisotopic (exact) mass is 308 g/mol. The Morgan fingerprint density at radius 2 is 2.40 bits per heavy atom. The summed E-state index contributed by atoms with van der Waals surface area (Å²) < 4.78 is 6.02. The average Bonchev–Trinajstić information content (AvgIpc) is 2.89. The number of hydrogen-bond acceptors (Lipinski definition) is 4. The molecule has 106 valence electrons. The van der Waals surface area contributed by atoms with Crippen LogP contribution in [0, 0.1) is 11.3 Å². The fourth-order valence-corrected chi connectivity index (χ4v) is 4.55. The van der Waals surface area contributed by atoms with Crippen molar-refractivity contribution < 1.29 is 4.74 Å². The lowest BCUT2D eigenvalue weighted by molar-refractivity contribution is -0.0628. The van der Waals surface area contributed by atoms with Gasteiger partial charge in [-0.1, -0.05) is 11.6 Å². The molecule has 2 fully saturated rings. The van der Waals surface area contributed by atoms with Gasteiger partial charge in [-0.15, -0.1) is 0 Å². The highest BCUT2D eigenvalue weighted by molar-refractivity contribution is 7.99. The van der Waals surface area contributed by atoms with Crippen molar-refractivity contribution in [1.29, 1.82) is 5.26 Å². The van der Waals surface area contributed by atoms with Crippen molar-refractivity contribution in [2.45, 2.75) is 30.9 Å². The number of thioether (sulfide) groups is 1. The number of benzene rings is 1. The van der Waals surface area contributed by atoms with Crippen LogP contribution in [0.5, 0.6) is 0 Å². The molecule has 5 heteroatoms. The molecule has 2 aliphatic rings. The zero-order valence-electron chi connectivity index (χ0n) is 11.2. The van der Waals surface area contributed by atoms with Gasteiger partial charge in [0.1, 0.15) is 0 Å². The first-order chi connectivity index (χ1) is 9.71. The molecule has 2 heterocycles. The summed E-state index contributed by atoms with van der Waals surface area (Å²) in [6.45, 7) is 0.812. The fourth-order valence-electron chi connectivity index (χ4n) is 2.94. The summed E-state index contributed by atoms with van der Waals surface area (Å²) in [4.78, 5) is 0. The second-order valence-electron chi connectivity index (χ2n) is 5.47. The molecule has 0 aromatic heterocycles. The van der Waals surface area contributed by atoms with E-state index in [0.717, 1.165) is 37.3 Å². The molecular formula is C15H17ClN2OS. The van der Waals surface area contributed by atoms with Gasteiger partial charge in [-0.05, 0) is 43.2 Å². The lowest BCUT2D eigenvalue weighted by atomic mass is 9.89. The summed E-state index contributed by atoms with van der Waals surface area (Å²) >= 11 is 8.21. The van der Waals surface area contributed by atoms with Crippen molar-refractivity contribution in [2.75, 3.05) is 23.4 Å². The van der Waals surface area contributed by atoms with Crippen molar-refractivity contribution in [3.05, 3.63) is 28.8 Å². The van der Waals surface area contributed by atoms with Crippen LogP contribution >= 0.6 is 23.4 Å². The number of ether oxygens (including phenoxy) is 1. The van der Waals surface area contributed by atoms with Crippen LogP contribution in [0.4, 0.5) is 5.69 Å². The van der Waals surface area contributed by atoms with Gasteiger partial charge in [0.2, 0.25) is 0 Å². The maximum atomic E-state index is 8.87. The Labute approximate surface area is 128 Å². The predicted octanol–water partition coefficient (Wildman–Crippen LogP) is 3.68. The zero-order valence-corrected chi connectivity index (χ0v) is 12.8. The van der Waals surface area contributed by atoms with E-state index in [1.54, 1.807) is 12.1 Å². The van der Waals surface area contributed by atoms with Gasteiger partial charge in [-0.2, -0.15) is 17.0 Å². The highest BCUT2D eigenvalue weighted by atomic mass is 35.5. The van der Waals surface area contributed by atoms with E-state index in [1.807, 2.05) is 17.8 Å². The first-order valence-electron chi connectivity index (χ1n) is 6.89. The third-order valence-corrected chi connectivity index (χ3v) is 5.55. The Balaban J connectivity index is 1.70. The van der Waals surface area contributed by atoms with Gasteiger partial charge >= 0.3 is 0 Å². The highest BCUT2D eigenvalue weighted by Crippen LogP contribution is 2.39. The largest absolute Gasteiger partial charge is 0.381 e. The van der Waals surface area contributed by atoms with Gasteiger partial charge in [0.05, 0.1) is 27.9 Å². The first-order valence-corrected chi connectivity index (χ1v) is 8.42. The van der Waals surface area contributed by atoms with E-state index in [9.17, 15) is 0 Å². The van der Waals surface area contributed by atoms with Gasteiger partial charge < -0.3 is 10.1 Å². The fraction of sp³-hybridized carbons (Fsp3) is 0.533. The summed E-state index contributed by atoms with van der Waals surface area (Å²) in [7, 11) is 0. The summed E-state index contributed by atoms with van der Waals surface area (Å²) in [6, 6.07) is 7.91. The summed E-state index contributed by atoms with van der Waals surface area (Å²) in [6.07, 6.45) is 3.19. The lowest BCUT2D eigenvalue weighted by Gasteiger charge is -2.38. The molecule has 2 saturated heterocycles. The predicted molar refractivity (Wildman–Crippen MR) is 83.4 cm³/mol. The van der Waals surface area contributed by atoms with Crippen molar-refractivity contribution in [2.24, 2.45) is 0 Å².